The number of nitrogens with zero attached hydrogens (tertiary/aromatic N) is 2. The predicted molar refractivity (Wildman–Crippen MR) is 83.0 cm³/mol. The number of hydrogen-bond acceptors (Lipinski definition) is 2. The second-order valence-electron chi connectivity index (χ2n) is 5.16. The zero-order chi connectivity index (χ0) is 15.6. The highest BCUT2D eigenvalue weighted by molar-refractivity contribution is 6.05. The van der Waals surface area contributed by atoms with Crippen LogP contribution < -0.4 is 10.6 Å². The fourth-order valence-electron chi connectivity index (χ4n) is 2.33. The maximum Gasteiger partial charge on any atom is 0.275 e. The van der Waals surface area contributed by atoms with E-state index in [-0.39, 0.29) is 17.6 Å². The number of nitrogen functional groups attached to an aromatic ring is 1. The van der Waals surface area contributed by atoms with Crippen LogP contribution in [0.2, 0.25) is 0 Å². The third-order valence-corrected chi connectivity index (χ3v) is 3.35. The number of halogens is 1. The lowest BCUT2D eigenvalue weighted by atomic mass is 10.2. The molecule has 0 saturated carbocycles. The van der Waals surface area contributed by atoms with E-state index in [1.807, 2.05) is 20.8 Å². The van der Waals surface area contributed by atoms with E-state index in [9.17, 15) is 9.18 Å². The molecule has 5 heteroatoms. The number of hydrogen-bond donors (Lipinski definition) is 1. The number of nitrogens with two attached hydrogens (primary N) is 1. The maximum atomic E-state index is 13.9. The Balaban J connectivity index is 2.44. The average Bonchev–Trinajstić information content (AvgIpc) is 2.84. The molecule has 0 aliphatic rings. The molecule has 21 heavy (non-hydrogen) atoms. The normalized spacial score (nSPS) is 10.9. The molecular weight excluding hydrogens is 269 g/mol. The van der Waals surface area contributed by atoms with Gasteiger partial charge in [0.15, 0.2) is 0 Å². The van der Waals surface area contributed by atoms with Crippen molar-refractivity contribution in [3.8, 4) is 0 Å². The number of rotatable bonds is 4. The van der Waals surface area contributed by atoms with E-state index in [1.54, 1.807) is 35.0 Å². The number of amides is 1. The second-order valence-corrected chi connectivity index (χ2v) is 5.16. The average molecular weight is 289 g/mol. The lowest BCUT2D eigenvalue weighted by Gasteiger charge is -2.23. The van der Waals surface area contributed by atoms with Gasteiger partial charge in [-0.1, -0.05) is 12.1 Å². The highest BCUT2D eigenvalue weighted by Gasteiger charge is 2.23. The van der Waals surface area contributed by atoms with E-state index in [0.717, 1.165) is 0 Å². The van der Waals surface area contributed by atoms with Crippen LogP contribution in [0.1, 0.15) is 37.3 Å². The SMILES string of the molecule is CCN(C(=O)c1cc(N)cn1C(C)C)c1ccccc1F. The van der Waals surface area contributed by atoms with E-state index in [0.29, 0.717) is 17.9 Å². The molecule has 2 rings (SSSR count). The van der Waals surface area contributed by atoms with Crippen molar-refractivity contribution >= 4 is 17.3 Å². The molecular formula is C16H20FN3O. The molecule has 0 bridgehead atoms. The topological polar surface area (TPSA) is 51.3 Å². The number of carbonyl (C=O) groups is 1. The Morgan fingerprint density at radius 1 is 1.38 bits per heavy atom. The van der Waals surface area contributed by atoms with E-state index < -0.39 is 5.82 Å². The molecule has 0 radical (unpaired) electrons. The van der Waals surface area contributed by atoms with Crippen LogP contribution in [-0.2, 0) is 0 Å². The van der Waals surface area contributed by atoms with Gasteiger partial charge in [-0.25, -0.2) is 4.39 Å². The van der Waals surface area contributed by atoms with Crippen LogP contribution in [0, 0.1) is 5.82 Å². The van der Waals surface area contributed by atoms with Gasteiger partial charge in [0, 0.05) is 18.8 Å². The number of aromatic nitrogens is 1. The van der Waals surface area contributed by atoms with Crippen LogP contribution in [0.15, 0.2) is 36.5 Å². The molecule has 0 atom stereocenters. The summed E-state index contributed by atoms with van der Waals surface area (Å²) in [5.41, 5.74) is 7.07. The molecule has 112 valence electrons. The number of benzene rings is 1. The minimum absolute atomic E-state index is 0.0978. The Bertz CT molecular complexity index is 649. The fourth-order valence-corrected chi connectivity index (χ4v) is 2.33. The van der Waals surface area contributed by atoms with Crippen molar-refractivity contribution in [1.29, 1.82) is 0 Å². The van der Waals surface area contributed by atoms with Crippen molar-refractivity contribution in [3.63, 3.8) is 0 Å². The van der Waals surface area contributed by atoms with Crippen LogP contribution in [-0.4, -0.2) is 17.0 Å². The summed E-state index contributed by atoms with van der Waals surface area (Å²) < 4.78 is 15.7. The number of para-hydroxylation sites is 1. The minimum atomic E-state index is -0.414. The number of carbonyl (C=O) groups excluding carboxylic acids is 1. The lowest BCUT2D eigenvalue weighted by molar-refractivity contribution is 0.0977. The van der Waals surface area contributed by atoms with Crippen molar-refractivity contribution in [2.24, 2.45) is 0 Å². The summed E-state index contributed by atoms with van der Waals surface area (Å²) in [6.45, 7) is 6.13. The quantitative estimate of drug-likeness (QED) is 0.937. The van der Waals surface area contributed by atoms with Crippen molar-refractivity contribution < 1.29 is 9.18 Å². The third kappa shape index (κ3) is 2.91. The summed E-state index contributed by atoms with van der Waals surface area (Å²) >= 11 is 0. The van der Waals surface area contributed by atoms with Crippen molar-refractivity contribution in [2.45, 2.75) is 26.8 Å². The largest absolute Gasteiger partial charge is 0.397 e. The summed E-state index contributed by atoms with van der Waals surface area (Å²) in [5.74, 6) is -0.670. The predicted octanol–water partition coefficient (Wildman–Crippen LogP) is 3.46. The van der Waals surface area contributed by atoms with E-state index >= 15 is 0 Å². The van der Waals surface area contributed by atoms with Crippen molar-refractivity contribution in [3.05, 3.63) is 48.0 Å². The molecule has 0 saturated heterocycles. The molecule has 0 unspecified atom stereocenters. The smallest absolute Gasteiger partial charge is 0.275 e. The second kappa shape index (κ2) is 5.99. The molecule has 0 aliphatic heterocycles. The molecule has 0 spiro atoms. The molecule has 1 aromatic carbocycles. The van der Waals surface area contributed by atoms with Gasteiger partial charge in [-0.2, -0.15) is 0 Å². The molecule has 2 N–H and O–H groups in total. The summed E-state index contributed by atoms with van der Waals surface area (Å²) in [6.07, 6.45) is 1.73. The molecule has 1 heterocycles. The monoisotopic (exact) mass is 289 g/mol. The van der Waals surface area contributed by atoms with Crippen LogP contribution in [0.5, 0.6) is 0 Å². The zero-order valence-corrected chi connectivity index (χ0v) is 12.5. The lowest BCUT2D eigenvalue weighted by Crippen LogP contribution is -2.33. The van der Waals surface area contributed by atoms with E-state index in [4.69, 9.17) is 5.73 Å². The zero-order valence-electron chi connectivity index (χ0n) is 12.5. The van der Waals surface area contributed by atoms with Crippen LogP contribution in [0.3, 0.4) is 0 Å². The summed E-state index contributed by atoms with van der Waals surface area (Å²) in [5, 5.41) is 0. The molecule has 0 fully saturated rings. The van der Waals surface area contributed by atoms with E-state index in [2.05, 4.69) is 0 Å². The third-order valence-electron chi connectivity index (χ3n) is 3.35. The van der Waals surface area contributed by atoms with Crippen LogP contribution in [0.4, 0.5) is 15.8 Å². The highest BCUT2D eigenvalue weighted by atomic mass is 19.1. The highest BCUT2D eigenvalue weighted by Crippen LogP contribution is 2.23. The molecule has 0 aliphatic carbocycles. The van der Waals surface area contributed by atoms with Gasteiger partial charge in [-0.15, -0.1) is 0 Å². The Labute approximate surface area is 124 Å². The Hall–Kier alpha value is -2.30. The van der Waals surface area contributed by atoms with E-state index in [1.165, 1.54) is 11.0 Å². The first kappa shape index (κ1) is 15.1. The van der Waals surface area contributed by atoms with Gasteiger partial charge in [-0.3, -0.25) is 4.79 Å². The van der Waals surface area contributed by atoms with Gasteiger partial charge >= 0.3 is 0 Å². The molecule has 2 aromatic rings. The van der Waals surface area contributed by atoms with Gasteiger partial charge in [-0.05, 0) is 39.0 Å². The first-order valence-corrected chi connectivity index (χ1v) is 6.99. The number of anilines is 2. The minimum Gasteiger partial charge on any atom is -0.397 e. The van der Waals surface area contributed by atoms with Gasteiger partial charge in [0.1, 0.15) is 11.5 Å². The molecule has 1 amide bonds. The first-order valence-electron chi connectivity index (χ1n) is 6.99. The van der Waals surface area contributed by atoms with Gasteiger partial charge in [0.2, 0.25) is 0 Å². The van der Waals surface area contributed by atoms with Crippen LogP contribution in [0.25, 0.3) is 0 Å². The van der Waals surface area contributed by atoms with Gasteiger partial charge in [0.25, 0.3) is 5.91 Å². The van der Waals surface area contributed by atoms with Gasteiger partial charge < -0.3 is 15.2 Å². The summed E-state index contributed by atoms with van der Waals surface area (Å²) in [6, 6.07) is 7.99. The Kier molecular flexibility index (Phi) is 4.31. The van der Waals surface area contributed by atoms with Gasteiger partial charge in [0.05, 0.1) is 11.4 Å². The summed E-state index contributed by atoms with van der Waals surface area (Å²) in [7, 11) is 0. The van der Waals surface area contributed by atoms with Crippen LogP contribution >= 0.6 is 0 Å². The summed E-state index contributed by atoms with van der Waals surface area (Å²) in [4.78, 5) is 14.2. The Morgan fingerprint density at radius 2 is 2.05 bits per heavy atom. The van der Waals surface area contributed by atoms with Crippen molar-refractivity contribution in [2.75, 3.05) is 17.2 Å². The fraction of sp³-hybridized carbons (Fsp3) is 0.312. The molecule has 4 nitrogen and oxygen atoms in total. The molecule has 1 aromatic heterocycles. The standard InChI is InChI=1S/C16H20FN3O/c1-4-19(14-8-6-5-7-13(14)17)16(21)15-9-12(18)10-20(15)11(2)3/h5-11H,4,18H2,1-3H3. The first-order chi connectivity index (χ1) is 9.95. The Morgan fingerprint density at radius 3 is 2.62 bits per heavy atom. The maximum absolute atomic E-state index is 13.9. The van der Waals surface area contributed by atoms with Crippen molar-refractivity contribution in [1.82, 2.24) is 4.57 Å².